The van der Waals surface area contributed by atoms with Crippen molar-refractivity contribution in [2.75, 3.05) is 16.8 Å². The number of pyridine rings is 1. The number of aromatic nitrogens is 1. The number of carbonyl (C=O) groups excluding carboxylic acids is 2. The normalized spacial score (nSPS) is 14.1. The molecule has 1 N–H and O–H groups in total. The van der Waals surface area contributed by atoms with Crippen LogP contribution in [0.1, 0.15) is 18.9 Å². The molecule has 1 aromatic carbocycles. The standard InChI is InChI=1S/C18H16N4O3/c1-2-14(25-15-8-4-3-6-12(15)10-19)18(24)22-11-16(23)21-13-7-5-9-20-17(13)22/h3-9,14H,2,11H2,1H3,(H,21,23). The summed E-state index contributed by atoms with van der Waals surface area (Å²) in [5.41, 5.74) is 0.836. The molecule has 126 valence electrons. The Morgan fingerprint density at radius 3 is 2.96 bits per heavy atom. The number of rotatable bonds is 4. The molecule has 2 aromatic rings. The van der Waals surface area contributed by atoms with E-state index in [0.717, 1.165) is 0 Å². The number of hydrogen-bond acceptors (Lipinski definition) is 5. The van der Waals surface area contributed by atoms with E-state index < -0.39 is 6.10 Å². The fraction of sp³-hybridized carbons (Fsp3) is 0.222. The van der Waals surface area contributed by atoms with Crippen molar-refractivity contribution in [1.82, 2.24) is 4.98 Å². The highest BCUT2D eigenvalue weighted by atomic mass is 16.5. The molecule has 0 aliphatic carbocycles. The Bertz CT molecular complexity index is 859. The first-order valence-electron chi connectivity index (χ1n) is 7.86. The third kappa shape index (κ3) is 3.28. The van der Waals surface area contributed by atoms with Crippen LogP contribution in [0, 0.1) is 11.3 Å². The number of benzene rings is 1. The van der Waals surface area contributed by atoms with Crippen molar-refractivity contribution in [3.63, 3.8) is 0 Å². The zero-order valence-electron chi connectivity index (χ0n) is 13.6. The van der Waals surface area contributed by atoms with Crippen LogP contribution in [0.5, 0.6) is 5.75 Å². The number of carbonyl (C=O) groups is 2. The first kappa shape index (κ1) is 16.5. The van der Waals surface area contributed by atoms with Gasteiger partial charge in [-0.1, -0.05) is 19.1 Å². The fourth-order valence-electron chi connectivity index (χ4n) is 2.60. The predicted octanol–water partition coefficient (Wildman–Crippen LogP) is 2.10. The van der Waals surface area contributed by atoms with Crippen molar-refractivity contribution in [3.05, 3.63) is 48.2 Å². The van der Waals surface area contributed by atoms with Crippen molar-refractivity contribution >= 4 is 23.3 Å². The number of ether oxygens (including phenoxy) is 1. The minimum atomic E-state index is -0.824. The Labute approximate surface area is 144 Å². The van der Waals surface area contributed by atoms with Crippen LogP contribution in [-0.4, -0.2) is 29.4 Å². The molecule has 7 heteroatoms. The zero-order chi connectivity index (χ0) is 17.8. The first-order chi connectivity index (χ1) is 12.1. The predicted molar refractivity (Wildman–Crippen MR) is 91.1 cm³/mol. The summed E-state index contributed by atoms with van der Waals surface area (Å²) in [6, 6.07) is 12.1. The Morgan fingerprint density at radius 2 is 2.20 bits per heavy atom. The Kier molecular flexibility index (Phi) is 4.61. The van der Waals surface area contributed by atoms with Crippen LogP contribution < -0.4 is 15.0 Å². The number of amides is 2. The van der Waals surface area contributed by atoms with E-state index in [9.17, 15) is 9.59 Å². The molecule has 0 saturated heterocycles. The first-order valence-corrected chi connectivity index (χ1v) is 7.86. The van der Waals surface area contributed by atoms with Gasteiger partial charge in [0.15, 0.2) is 11.9 Å². The maximum atomic E-state index is 12.9. The van der Waals surface area contributed by atoms with E-state index in [1.807, 2.05) is 6.07 Å². The lowest BCUT2D eigenvalue weighted by Gasteiger charge is -2.30. The SMILES string of the molecule is CCC(Oc1ccccc1C#N)C(=O)N1CC(=O)Nc2cccnc21. The van der Waals surface area contributed by atoms with Crippen LogP contribution in [-0.2, 0) is 9.59 Å². The van der Waals surface area contributed by atoms with E-state index in [1.54, 1.807) is 49.5 Å². The highest BCUT2D eigenvalue weighted by molar-refractivity contribution is 6.10. The zero-order valence-corrected chi connectivity index (χ0v) is 13.6. The molecule has 0 fully saturated rings. The van der Waals surface area contributed by atoms with Gasteiger partial charge in [-0.15, -0.1) is 0 Å². The molecule has 1 atom stereocenters. The van der Waals surface area contributed by atoms with Gasteiger partial charge in [0.05, 0.1) is 11.3 Å². The van der Waals surface area contributed by atoms with Crippen molar-refractivity contribution < 1.29 is 14.3 Å². The summed E-state index contributed by atoms with van der Waals surface area (Å²) in [4.78, 5) is 30.3. The van der Waals surface area contributed by atoms with Crippen LogP contribution in [0.3, 0.4) is 0 Å². The van der Waals surface area contributed by atoms with E-state index in [1.165, 1.54) is 4.90 Å². The fourth-order valence-corrected chi connectivity index (χ4v) is 2.60. The molecule has 3 rings (SSSR count). The second kappa shape index (κ2) is 7.01. The molecule has 2 amide bonds. The molecule has 1 aliphatic heterocycles. The van der Waals surface area contributed by atoms with Crippen molar-refractivity contribution in [1.29, 1.82) is 5.26 Å². The summed E-state index contributed by atoms with van der Waals surface area (Å²) in [5, 5.41) is 11.9. The number of anilines is 2. The number of nitrogens with zero attached hydrogens (tertiary/aromatic N) is 3. The highest BCUT2D eigenvalue weighted by Gasteiger charge is 2.33. The minimum Gasteiger partial charge on any atom is -0.479 e. The van der Waals surface area contributed by atoms with E-state index in [2.05, 4.69) is 10.3 Å². The van der Waals surface area contributed by atoms with Gasteiger partial charge in [-0.2, -0.15) is 5.26 Å². The molecule has 0 spiro atoms. The third-order valence-electron chi connectivity index (χ3n) is 3.81. The lowest BCUT2D eigenvalue weighted by molar-refractivity contribution is -0.127. The molecule has 25 heavy (non-hydrogen) atoms. The van der Waals surface area contributed by atoms with E-state index in [-0.39, 0.29) is 18.4 Å². The quantitative estimate of drug-likeness (QED) is 0.922. The lowest BCUT2D eigenvalue weighted by atomic mass is 10.1. The molecule has 0 radical (unpaired) electrons. The number of hydrogen-bond donors (Lipinski definition) is 1. The average Bonchev–Trinajstić information content (AvgIpc) is 2.65. The highest BCUT2D eigenvalue weighted by Crippen LogP contribution is 2.28. The van der Waals surface area contributed by atoms with Gasteiger partial charge in [-0.05, 0) is 30.7 Å². The summed E-state index contributed by atoms with van der Waals surface area (Å²) in [6.07, 6.45) is 1.12. The molecule has 1 aromatic heterocycles. The number of nitriles is 1. The van der Waals surface area contributed by atoms with Crippen molar-refractivity contribution in [3.8, 4) is 11.8 Å². The maximum Gasteiger partial charge on any atom is 0.269 e. The Balaban J connectivity index is 1.88. The topological polar surface area (TPSA) is 95.3 Å². The molecule has 0 saturated carbocycles. The molecule has 1 aliphatic rings. The summed E-state index contributed by atoms with van der Waals surface area (Å²) in [6.45, 7) is 1.68. The number of fused-ring (bicyclic) bond motifs is 1. The van der Waals surface area contributed by atoms with Gasteiger partial charge < -0.3 is 10.1 Å². The van der Waals surface area contributed by atoms with Crippen molar-refractivity contribution in [2.24, 2.45) is 0 Å². The molecular weight excluding hydrogens is 320 g/mol. The van der Waals surface area contributed by atoms with Crippen molar-refractivity contribution in [2.45, 2.75) is 19.4 Å². The molecule has 7 nitrogen and oxygen atoms in total. The Morgan fingerprint density at radius 1 is 1.40 bits per heavy atom. The molecular formula is C18H16N4O3. The average molecular weight is 336 g/mol. The second-order valence-electron chi connectivity index (χ2n) is 5.47. The maximum absolute atomic E-state index is 12.9. The molecule has 0 bridgehead atoms. The van der Waals surface area contributed by atoms with Gasteiger partial charge >= 0.3 is 0 Å². The van der Waals surface area contributed by atoms with E-state index in [0.29, 0.717) is 29.2 Å². The largest absolute Gasteiger partial charge is 0.479 e. The minimum absolute atomic E-state index is 0.122. The summed E-state index contributed by atoms with van der Waals surface area (Å²) >= 11 is 0. The van der Waals surface area contributed by atoms with Crippen LogP contribution in [0.2, 0.25) is 0 Å². The summed E-state index contributed by atoms with van der Waals surface area (Å²) < 4.78 is 5.78. The molecule has 1 unspecified atom stereocenters. The number of para-hydroxylation sites is 1. The van der Waals surface area contributed by atoms with Crippen LogP contribution in [0.15, 0.2) is 42.6 Å². The van der Waals surface area contributed by atoms with E-state index >= 15 is 0 Å². The smallest absolute Gasteiger partial charge is 0.269 e. The summed E-state index contributed by atoms with van der Waals surface area (Å²) in [7, 11) is 0. The Hall–Kier alpha value is -3.40. The van der Waals surface area contributed by atoms with Gasteiger partial charge in [0.2, 0.25) is 5.91 Å². The monoisotopic (exact) mass is 336 g/mol. The van der Waals surface area contributed by atoms with Gasteiger partial charge in [-0.25, -0.2) is 4.98 Å². The van der Waals surface area contributed by atoms with E-state index in [4.69, 9.17) is 10.00 Å². The van der Waals surface area contributed by atoms with Gasteiger partial charge in [0, 0.05) is 6.20 Å². The van der Waals surface area contributed by atoms with Crippen LogP contribution >= 0.6 is 0 Å². The summed E-state index contributed by atoms with van der Waals surface area (Å²) in [5.74, 6) is 0.0711. The third-order valence-corrected chi connectivity index (χ3v) is 3.81. The van der Waals surface area contributed by atoms with Crippen LogP contribution in [0.4, 0.5) is 11.5 Å². The number of nitrogens with one attached hydrogen (secondary N) is 1. The van der Waals surface area contributed by atoms with Gasteiger partial charge in [-0.3, -0.25) is 14.5 Å². The second-order valence-corrected chi connectivity index (χ2v) is 5.47. The molecule has 2 heterocycles. The lowest BCUT2D eigenvalue weighted by Crippen LogP contribution is -2.48. The van der Waals surface area contributed by atoms with Gasteiger partial charge in [0.25, 0.3) is 5.91 Å². The van der Waals surface area contributed by atoms with Gasteiger partial charge in [0.1, 0.15) is 18.4 Å². The van der Waals surface area contributed by atoms with Crippen LogP contribution in [0.25, 0.3) is 0 Å².